The van der Waals surface area contributed by atoms with Gasteiger partial charge >= 0.3 is 0 Å². The molecule has 4 rings (SSSR count). The lowest BCUT2D eigenvalue weighted by atomic mass is 10.2. The standard InChI is InChI=1S/C13H9BrN2OS.C6H3BrFNO2/c14-10-6-8(15)4-5-12(10)17-11-2-1-3-13-9(11)7-16-18-13;7-5-3-4(9(10)11)1-2-6(5)8/h1-7H,15H2;1-3H. The van der Waals surface area contributed by atoms with Crippen LogP contribution in [0.1, 0.15) is 0 Å². The second-order valence-electron chi connectivity index (χ2n) is 5.64. The molecule has 0 aliphatic rings. The van der Waals surface area contributed by atoms with Crippen molar-refractivity contribution >= 4 is 64.9 Å². The fourth-order valence-electron chi connectivity index (χ4n) is 2.27. The van der Waals surface area contributed by atoms with Crippen LogP contribution in [-0.4, -0.2) is 9.30 Å². The number of rotatable bonds is 3. The van der Waals surface area contributed by atoms with Gasteiger partial charge in [-0.1, -0.05) is 6.07 Å². The molecule has 0 spiro atoms. The smallest absolute Gasteiger partial charge is 0.270 e. The molecule has 0 fully saturated rings. The number of aromatic nitrogens is 1. The van der Waals surface area contributed by atoms with Gasteiger partial charge in [-0.25, -0.2) is 4.39 Å². The first-order valence-electron chi connectivity index (χ1n) is 8.01. The summed E-state index contributed by atoms with van der Waals surface area (Å²) in [5.41, 5.74) is 6.27. The molecular weight excluding hydrogens is 529 g/mol. The van der Waals surface area contributed by atoms with E-state index in [4.69, 9.17) is 10.5 Å². The SMILES string of the molecule is Nc1ccc(Oc2cccc3sncc23)c(Br)c1.O=[N+]([O-])c1ccc(F)c(Br)c1. The predicted octanol–water partition coefficient (Wildman–Crippen LogP) is 6.93. The van der Waals surface area contributed by atoms with Gasteiger partial charge < -0.3 is 10.5 Å². The molecule has 1 heterocycles. The number of ether oxygens (including phenoxy) is 1. The van der Waals surface area contributed by atoms with Gasteiger partial charge in [-0.2, -0.15) is 4.37 Å². The largest absolute Gasteiger partial charge is 0.455 e. The van der Waals surface area contributed by atoms with E-state index in [0.29, 0.717) is 5.69 Å². The zero-order chi connectivity index (χ0) is 21.0. The van der Waals surface area contributed by atoms with Crippen molar-refractivity contribution in [2.75, 3.05) is 5.73 Å². The lowest BCUT2D eigenvalue weighted by Crippen LogP contribution is -1.88. The number of hydrogen-bond acceptors (Lipinski definition) is 6. The van der Waals surface area contributed by atoms with E-state index in [2.05, 4.69) is 36.2 Å². The van der Waals surface area contributed by atoms with Gasteiger partial charge in [0.15, 0.2) is 0 Å². The van der Waals surface area contributed by atoms with Crippen LogP contribution in [0, 0.1) is 15.9 Å². The minimum atomic E-state index is -0.579. The molecule has 0 saturated carbocycles. The predicted molar refractivity (Wildman–Crippen MR) is 119 cm³/mol. The van der Waals surface area contributed by atoms with Gasteiger partial charge in [-0.15, -0.1) is 0 Å². The highest BCUT2D eigenvalue weighted by Crippen LogP contribution is 2.35. The third-order valence-corrected chi connectivity index (χ3v) is 5.64. The first-order valence-corrected chi connectivity index (χ1v) is 10.4. The van der Waals surface area contributed by atoms with Crippen molar-refractivity contribution in [1.29, 1.82) is 0 Å². The number of non-ortho nitro benzene ring substituents is 1. The lowest BCUT2D eigenvalue weighted by Gasteiger charge is -2.09. The van der Waals surface area contributed by atoms with Gasteiger partial charge in [0, 0.05) is 17.8 Å². The summed E-state index contributed by atoms with van der Waals surface area (Å²) in [6.45, 7) is 0. The van der Waals surface area contributed by atoms with Crippen molar-refractivity contribution in [3.05, 3.63) is 85.7 Å². The number of fused-ring (bicyclic) bond motifs is 1. The summed E-state index contributed by atoms with van der Waals surface area (Å²) >= 11 is 7.73. The average Bonchev–Trinajstić information content (AvgIpc) is 3.16. The van der Waals surface area contributed by atoms with Crippen LogP contribution in [0.4, 0.5) is 15.8 Å². The Balaban J connectivity index is 0.000000188. The van der Waals surface area contributed by atoms with Crippen LogP contribution in [0.3, 0.4) is 0 Å². The Morgan fingerprint density at radius 2 is 1.86 bits per heavy atom. The monoisotopic (exact) mass is 539 g/mol. The molecule has 0 saturated heterocycles. The van der Waals surface area contributed by atoms with E-state index >= 15 is 0 Å². The molecule has 10 heteroatoms. The minimum absolute atomic E-state index is 0.103. The van der Waals surface area contributed by atoms with Gasteiger partial charge in [0.25, 0.3) is 5.69 Å². The van der Waals surface area contributed by atoms with Crippen LogP contribution >= 0.6 is 43.4 Å². The third kappa shape index (κ3) is 5.28. The normalized spacial score (nSPS) is 10.3. The molecule has 6 nitrogen and oxygen atoms in total. The van der Waals surface area contributed by atoms with Crippen molar-refractivity contribution in [2.45, 2.75) is 0 Å². The molecule has 4 aromatic rings. The summed E-state index contributed by atoms with van der Waals surface area (Å²) in [6, 6.07) is 14.7. The number of anilines is 1. The third-order valence-electron chi connectivity index (χ3n) is 3.65. The number of nitrogens with two attached hydrogens (primary N) is 1. The van der Waals surface area contributed by atoms with Crippen LogP contribution in [0.25, 0.3) is 10.1 Å². The van der Waals surface area contributed by atoms with E-state index in [1.54, 1.807) is 0 Å². The summed E-state index contributed by atoms with van der Waals surface area (Å²) in [4.78, 5) is 9.55. The second-order valence-corrected chi connectivity index (χ2v) is 8.18. The van der Waals surface area contributed by atoms with Crippen LogP contribution in [0.2, 0.25) is 0 Å². The van der Waals surface area contributed by atoms with E-state index in [-0.39, 0.29) is 10.2 Å². The number of benzene rings is 3. The molecule has 29 heavy (non-hydrogen) atoms. The second kappa shape index (κ2) is 9.29. The Hall–Kier alpha value is -2.56. The quantitative estimate of drug-likeness (QED) is 0.173. The van der Waals surface area contributed by atoms with Gasteiger partial charge in [0.2, 0.25) is 0 Å². The average molecular weight is 541 g/mol. The van der Waals surface area contributed by atoms with Crippen molar-refractivity contribution in [1.82, 2.24) is 4.37 Å². The van der Waals surface area contributed by atoms with E-state index in [9.17, 15) is 14.5 Å². The van der Waals surface area contributed by atoms with Crippen LogP contribution in [0.15, 0.2) is 69.7 Å². The molecule has 0 atom stereocenters. The fraction of sp³-hybridized carbons (Fsp3) is 0. The maximum Gasteiger partial charge on any atom is 0.270 e. The van der Waals surface area contributed by atoms with Gasteiger partial charge in [-0.05, 0) is 79.8 Å². The van der Waals surface area contributed by atoms with Crippen molar-refractivity contribution < 1.29 is 14.1 Å². The molecule has 1 aromatic heterocycles. The highest BCUT2D eigenvalue weighted by Gasteiger charge is 2.08. The first-order chi connectivity index (χ1) is 13.8. The zero-order valence-corrected chi connectivity index (χ0v) is 18.5. The Bertz CT molecular complexity index is 1190. The van der Waals surface area contributed by atoms with Crippen LogP contribution < -0.4 is 10.5 Å². The Morgan fingerprint density at radius 3 is 2.55 bits per heavy atom. The van der Waals surface area contributed by atoms with E-state index in [0.717, 1.165) is 44.3 Å². The molecular formula is C19H12Br2FN3O3S. The number of nitro benzene ring substituents is 1. The Kier molecular flexibility index (Phi) is 6.78. The van der Waals surface area contributed by atoms with Gasteiger partial charge in [0.1, 0.15) is 17.3 Å². The highest BCUT2D eigenvalue weighted by atomic mass is 79.9. The number of halogens is 3. The van der Waals surface area contributed by atoms with E-state index in [1.165, 1.54) is 11.5 Å². The molecule has 0 bridgehead atoms. The lowest BCUT2D eigenvalue weighted by molar-refractivity contribution is -0.385. The van der Waals surface area contributed by atoms with Gasteiger partial charge in [0.05, 0.1) is 30.2 Å². The van der Waals surface area contributed by atoms with Gasteiger partial charge in [-0.3, -0.25) is 10.1 Å². The molecule has 2 N–H and O–H groups in total. The van der Waals surface area contributed by atoms with E-state index < -0.39 is 10.7 Å². The summed E-state index contributed by atoms with van der Waals surface area (Å²) < 4.78 is 24.6. The molecule has 0 amide bonds. The maximum atomic E-state index is 12.5. The number of nitro groups is 1. The van der Waals surface area contributed by atoms with E-state index in [1.807, 2.05) is 42.6 Å². The number of nitrogens with zero attached hydrogens (tertiary/aromatic N) is 2. The van der Waals surface area contributed by atoms with Crippen LogP contribution in [0.5, 0.6) is 11.5 Å². The first kappa shape index (κ1) is 21.2. The molecule has 0 aliphatic heterocycles. The summed E-state index contributed by atoms with van der Waals surface area (Å²) in [5, 5.41) is 11.1. The maximum absolute atomic E-state index is 12.5. The van der Waals surface area contributed by atoms with Crippen LogP contribution in [-0.2, 0) is 0 Å². The summed E-state index contributed by atoms with van der Waals surface area (Å²) in [7, 11) is 0. The number of hydrogen-bond donors (Lipinski definition) is 1. The van der Waals surface area contributed by atoms with Crippen molar-refractivity contribution in [3.63, 3.8) is 0 Å². The summed E-state index contributed by atoms with van der Waals surface area (Å²) in [5.74, 6) is 1.03. The fourth-order valence-corrected chi connectivity index (χ4v) is 3.78. The molecule has 148 valence electrons. The molecule has 0 radical (unpaired) electrons. The topological polar surface area (TPSA) is 91.3 Å². The molecule has 0 unspecified atom stereocenters. The summed E-state index contributed by atoms with van der Waals surface area (Å²) in [6.07, 6.45) is 1.82. The number of nitrogen functional groups attached to an aromatic ring is 1. The Morgan fingerprint density at radius 1 is 1.07 bits per heavy atom. The Labute approximate surface area is 185 Å². The molecule has 0 aliphatic carbocycles. The molecule has 3 aromatic carbocycles. The zero-order valence-electron chi connectivity index (χ0n) is 14.5. The highest BCUT2D eigenvalue weighted by molar-refractivity contribution is 9.10. The van der Waals surface area contributed by atoms with Crippen molar-refractivity contribution in [2.24, 2.45) is 0 Å². The minimum Gasteiger partial charge on any atom is -0.455 e. The van der Waals surface area contributed by atoms with Crippen molar-refractivity contribution in [3.8, 4) is 11.5 Å².